The topological polar surface area (TPSA) is 26.3 Å². The van der Waals surface area contributed by atoms with Crippen molar-refractivity contribution >= 4 is 109 Å². The molecule has 0 aliphatic heterocycles. The summed E-state index contributed by atoms with van der Waals surface area (Å²) in [6, 6.07) is 66.1. The van der Waals surface area contributed by atoms with Crippen LogP contribution in [0.3, 0.4) is 0 Å². The molecule has 0 fully saturated rings. The predicted octanol–water partition coefficient (Wildman–Crippen LogP) is 15.7. The Morgan fingerprint density at radius 2 is 0.607 bits per heavy atom. The highest BCUT2D eigenvalue weighted by Gasteiger charge is 2.25. The van der Waals surface area contributed by atoms with Crippen LogP contribution in [0.5, 0.6) is 0 Å². The fourth-order valence-electron chi connectivity index (χ4n) is 9.93. The molecular weight excluding hydrogens is 681 g/mol. The first-order valence-electron chi connectivity index (χ1n) is 19.3. The predicted molar refractivity (Wildman–Crippen MR) is 237 cm³/mol. The summed E-state index contributed by atoms with van der Waals surface area (Å²) in [7, 11) is 0. The maximum absolute atomic E-state index is 6.88. The minimum absolute atomic E-state index is 0.843. The molecule has 11 aromatic carbocycles. The second-order valence-electron chi connectivity index (χ2n) is 15.0. The molecule has 0 radical (unpaired) electrons. The third-order valence-corrected chi connectivity index (χ3v) is 12.2. The summed E-state index contributed by atoms with van der Waals surface area (Å²) in [5, 5.41) is 19.2. The van der Waals surface area contributed by atoms with Crippen molar-refractivity contribution in [2.24, 2.45) is 0 Å². The Morgan fingerprint density at radius 1 is 0.232 bits per heavy atom. The summed E-state index contributed by atoms with van der Waals surface area (Å²) < 4.78 is 13.5. The van der Waals surface area contributed by atoms with E-state index < -0.39 is 0 Å². The van der Waals surface area contributed by atoms with Crippen LogP contribution in [0.4, 0.5) is 0 Å². The van der Waals surface area contributed by atoms with E-state index in [1.807, 2.05) is 12.1 Å². The van der Waals surface area contributed by atoms with E-state index in [2.05, 4.69) is 170 Å². The zero-order chi connectivity index (χ0) is 36.5. The third-order valence-electron chi connectivity index (χ3n) is 12.2. The molecule has 56 heavy (non-hydrogen) atoms. The molecule has 0 N–H and O–H groups in total. The maximum atomic E-state index is 6.88. The first kappa shape index (κ1) is 30.0. The number of hydrogen-bond donors (Lipinski definition) is 0. The van der Waals surface area contributed by atoms with Crippen LogP contribution in [0.15, 0.2) is 191 Å². The van der Waals surface area contributed by atoms with Crippen molar-refractivity contribution in [2.45, 2.75) is 0 Å². The fourth-order valence-corrected chi connectivity index (χ4v) is 9.93. The van der Waals surface area contributed by atoms with Crippen LogP contribution >= 0.6 is 0 Å². The van der Waals surface area contributed by atoms with Gasteiger partial charge in [0.15, 0.2) is 0 Å². The Labute approximate surface area is 320 Å². The van der Waals surface area contributed by atoms with Crippen LogP contribution < -0.4 is 0 Å². The Balaban J connectivity index is 1.23. The quantitative estimate of drug-likeness (QED) is 0.132. The van der Waals surface area contributed by atoms with Gasteiger partial charge in [-0.2, -0.15) is 0 Å². The van der Waals surface area contributed by atoms with Gasteiger partial charge in [-0.05, 0) is 100 Å². The van der Waals surface area contributed by atoms with E-state index in [0.29, 0.717) is 0 Å². The highest BCUT2D eigenvalue weighted by atomic mass is 16.3. The van der Waals surface area contributed by atoms with E-state index in [-0.39, 0.29) is 0 Å². The molecule has 2 nitrogen and oxygen atoms in total. The van der Waals surface area contributed by atoms with Gasteiger partial charge in [-0.3, -0.25) is 0 Å². The fraction of sp³-hybridized carbons (Fsp3) is 0. The van der Waals surface area contributed by atoms with Gasteiger partial charge in [0.05, 0.1) is 5.39 Å². The van der Waals surface area contributed by atoms with Gasteiger partial charge in [-0.1, -0.05) is 158 Å². The summed E-state index contributed by atoms with van der Waals surface area (Å²) >= 11 is 0. The van der Waals surface area contributed by atoms with Crippen LogP contribution in [0.1, 0.15) is 0 Å². The zero-order valence-corrected chi connectivity index (χ0v) is 30.1. The normalized spacial score (nSPS) is 12.3. The number of para-hydroxylation sites is 2. The number of fused-ring (bicyclic) bond motifs is 17. The molecule has 0 amide bonds. The molecule has 0 atom stereocenters. The van der Waals surface area contributed by atoms with Crippen LogP contribution in [-0.2, 0) is 0 Å². The standard InChI is InChI=1S/C54H30O2/c1-2-17-33-31(15-1)32-16-3-5-20-36(32)49-37-21-6-4-18-34(37)44(29-43(33)49)50-38-22-7-9-24-40(38)51(41-25-10-8-23-39(41)50)46-30-45-35-19-11-13-27-47(35)55-53(45)52-42-26-12-14-28-48(42)56-54(46)52/h1-30H. The monoisotopic (exact) mass is 710 g/mol. The van der Waals surface area contributed by atoms with Gasteiger partial charge in [0.2, 0.25) is 0 Å². The minimum Gasteiger partial charge on any atom is -0.455 e. The Morgan fingerprint density at radius 3 is 1.21 bits per heavy atom. The second-order valence-corrected chi connectivity index (χ2v) is 15.0. The molecule has 0 aliphatic carbocycles. The van der Waals surface area contributed by atoms with E-state index in [1.54, 1.807) is 0 Å². The van der Waals surface area contributed by atoms with Crippen molar-refractivity contribution in [3.05, 3.63) is 182 Å². The Bertz CT molecular complexity index is 3770. The van der Waals surface area contributed by atoms with Crippen LogP contribution in [0, 0.1) is 0 Å². The van der Waals surface area contributed by atoms with Crippen molar-refractivity contribution in [3.8, 4) is 22.3 Å². The third kappa shape index (κ3) is 3.90. The maximum Gasteiger partial charge on any atom is 0.147 e. The molecule has 0 unspecified atom stereocenters. The molecule has 13 aromatic rings. The first-order valence-corrected chi connectivity index (χ1v) is 19.3. The Hall–Kier alpha value is -7.42. The summed E-state index contributed by atoms with van der Waals surface area (Å²) in [4.78, 5) is 0. The summed E-state index contributed by atoms with van der Waals surface area (Å²) in [6.07, 6.45) is 0. The molecule has 258 valence electrons. The zero-order valence-electron chi connectivity index (χ0n) is 30.1. The highest BCUT2D eigenvalue weighted by Crippen LogP contribution is 2.51. The Kier molecular flexibility index (Phi) is 5.92. The van der Waals surface area contributed by atoms with Crippen molar-refractivity contribution in [1.29, 1.82) is 0 Å². The van der Waals surface area contributed by atoms with Crippen molar-refractivity contribution in [2.75, 3.05) is 0 Å². The van der Waals surface area contributed by atoms with Crippen LogP contribution in [0.2, 0.25) is 0 Å². The number of hydrogen-bond acceptors (Lipinski definition) is 2. The molecule has 2 aromatic heterocycles. The van der Waals surface area contributed by atoms with Gasteiger partial charge in [-0.25, -0.2) is 0 Å². The van der Waals surface area contributed by atoms with Crippen molar-refractivity contribution < 1.29 is 8.83 Å². The summed E-state index contributed by atoms with van der Waals surface area (Å²) in [5.41, 5.74) is 8.14. The van der Waals surface area contributed by atoms with E-state index in [9.17, 15) is 0 Å². The lowest BCUT2D eigenvalue weighted by molar-refractivity contribution is 0.663. The lowest BCUT2D eigenvalue weighted by atomic mass is 9.82. The van der Waals surface area contributed by atoms with Crippen LogP contribution in [-0.4, -0.2) is 0 Å². The van der Waals surface area contributed by atoms with Crippen molar-refractivity contribution in [3.63, 3.8) is 0 Å². The molecule has 0 saturated carbocycles. The largest absolute Gasteiger partial charge is 0.455 e. The van der Waals surface area contributed by atoms with Gasteiger partial charge in [0.1, 0.15) is 22.3 Å². The molecule has 2 heterocycles. The SMILES string of the molecule is c1ccc2c(c1)oc1c2cc(-c2c3ccccc3c(-c3cc4c5ccccc5c5ccccc5c4c4ccccc34)c3ccccc23)c2oc3ccccc3c21. The molecule has 0 spiro atoms. The van der Waals surface area contributed by atoms with Gasteiger partial charge < -0.3 is 8.83 Å². The molecule has 0 saturated heterocycles. The average Bonchev–Trinajstić information content (AvgIpc) is 3.84. The smallest absolute Gasteiger partial charge is 0.147 e. The number of benzene rings is 11. The average molecular weight is 711 g/mol. The molecule has 2 heteroatoms. The van der Waals surface area contributed by atoms with Crippen molar-refractivity contribution in [1.82, 2.24) is 0 Å². The van der Waals surface area contributed by atoms with Gasteiger partial charge in [0.25, 0.3) is 0 Å². The van der Waals surface area contributed by atoms with Crippen LogP contribution in [0.25, 0.3) is 131 Å². The molecule has 13 rings (SSSR count). The minimum atomic E-state index is 0.843. The second kappa shape index (κ2) is 11.1. The van der Waals surface area contributed by atoms with E-state index >= 15 is 0 Å². The number of rotatable bonds is 2. The molecule has 0 bridgehead atoms. The first-order chi connectivity index (χ1) is 27.8. The van der Waals surface area contributed by atoms with E-state index in [4.69, 9.17) is 8.83 Å². The lowest BCUT2D eigenvalue weighted by Crippen LogP contribution is -1.93. The lowest BCUT2D eigenvalue weighted by Gasteiger charge is -2.21. The highest BCUT2D eigenvalue weighted by molar-refractivity contribution is 6.35. The van der Waals surface area contributed by atoms with E-state index in [1.165, 1.54) is 75.8 Å². The summed E-state index contributed by atoms with van der Waals surface area (Å²) in [5.74, 6) is 0. The molecule has 0 aliphatic rings. The number of furan rings is 2. The van der Waals surface area contributed by atoms with Gasteiger partial charge >= 0.3 is 0 Å². The van der Waals surface area contributed by atoms with Gasteiger partial charge in [-0.15, -0.1) is 0 Å². The molecular formula is C54H30O2. The van der Waals surface area contributed by atoms with Gasteiger partial charge in [0, 0.05) is 27.3 Å². The summed E-state index contributed by atoms with van der Waals surface area (Å²) in [6.45, 7) is 0. The van der Waals surface area contributed by atoms with E-state index in [0.717, 1.165) is 55.0 Å².